The molecule has 0 spiro atoms. The number of hydrogen-bond donors (Lipinski definition) is 1. The van der Waals surface area contributed by atoms with E-state index in [0.717, 1.165) is 5.56 Å². The number of rotatable bonds is 3. The van der Waals surface area contributed by atoms with Crippen LogP contribution in [0.4, 0.5) is 0 Å². The Hall–Kier alpha value is -1.15. The lowest BCUT2D eigenvalue weighted by Crippen LogP contribution is -2.35. The van der Waals surface area contributed by atoms with Gasteiger partial charge in [-0.25, -0.2) is 0 Å². The molecule has 1 rings (SSSR count). The minimum Gasteiger partial charge on any atom is -0.330 e. The van der Waals surface area contributed by atoms with E-state index in [-0.39, 0.29) is 17.1 Å². The van der Waals surface area contributed by atoms with Gasteiger partial charge in [0.25, 0.3) is 0 Å². The molecule has 2 heteroatoms. The van der Waals surface area contributed by atoms with Gasteiger partial charge in [-0.1, -0.05) is 51.1 Å². The van der Waals surface area contributed by atoms with Gasteiger partial charge in [-0.05, 0) is 5.41 Å². The van der Waals surface area contributed by atoms with Gasteiger partial charge in [0.05, 0.1) is 0 Å². The van der Waals surface area contributed by atoms with E-state index in [1.807, 2.05) is 51.1 Å². The van der Waals surface area contributed by atoms with E-state index in [1.165, 1.54) is 0 Å². The highest BCUT2D eigenvalue weighted by molar-refractivity contribution is 5.98. The fourth-order valence-electron chi connectivity index (χ4n) is 1.66. The van der Waals surface area contributed by atoms with Crippen molar-refractivity contribution in [3.8, 4) is 0 Å². The smallest absolute Gasteiger partial charge is 0.167 e. The summed E-state index contributed by atoms with van der Waals surface area (Å²) in [6.07, 6.45) is 0. The Balaban J connectivity index is 2.93. The van der Waals surface area contributed by atoms with Crippen molar-refractivity contribution in [2.45, 2.75) is 20.8 Å². The molecule has 0 amide bonds. The van der Waals surface area contributed by atoms with Gasteiger partial charge in [0.2, 0.25) is 0 Å². The maximum atomic E-state index is 12.1. The van der Waals surface area contributed by atoms with E-state index in [4.69, 9.17) is 5.73 Å². The van der Waals surface area contributed by atoms with Gasteiger partial charge in [-0.15, -0.1) is 0 Å². The van der Waals surface area contributed by atoms with Crippen molar-refractivity contribution in [1.82, 2.24) is 0 Å². The topological polar surface area (TPSA) is 43.1 Å². The molecule has 1 aromatic rings. The van der Waals surface area contributed by atoms with Crippen LogP contribution in [0.25, 0.3) is 0 Å². The van der Waals surface area contributed by atoms with Gasteiger partial charge in [0.1, 0.15) is 0 Å². The maximum Gasteiger partial charge on any atom is 0.167 e. The number of benzene rings is 1. The van der Waals surface area contributed by atoms with Gasteiger partial charge in [0.15, 0.2) is 5.78 Å². The average molecular weight is 205 g/mol. The molecule has 1 aromatic carbocycles. The summed E-state index contributed by atoms with van der Waals surface area (Å²) in [5.74, 6) is 0.0329. The maximum absolute atomic E-state index is 12.1. The van der Waals surface area contributed by atoms with Gasteiger partial charge < -0.3 is 5.73 Å². The third kappa shape index (κ3) is 2.90. The van der Waals surface area contributed by atoms with Crippen LogP contribution in [0.3, 0.4) is 0 Å². The molecule has 1 unspecified atom stereocenters. The summed E-state index contributed by atoms with van der Waals surface area (Å²) >= 11 is 0. The normalized spacial score (nSPS) is 13.6. The molecule has 2 nitrogen and oxygen atoms in total. The van der Waals surface area contributed by atoms with Crippen LogP contribution in [0, 0.1) is 11.3 Å². The molecule has 15 heavy (non-hydrogen) atoms. The molecule has 0 bridgehead atoms. The predicted octanol–water partition coefficient (Wildman–Crippen LogP) is 2.49. The quantitative estimate of drug-likeness (QED) is 0.770. The standard InChI is InChI=1S/C13H19NO/c1-13(2,3)11(9-14)12(15)10-7-5-4-6-8-10/h4-8,11H,9,14H2,1-3H3. The van der Waals surface area contributed by atoms with E-state index in [1.54, 1.807) is 0 Å². The molecule has 0 aliphatic rings. The molecular weight excluding hydrogens is 186 g/mol. The number of Topliss-reactive ketones (excluding diaryl/α,β-unsaturated/α-hetero) is 1. The summed E-state index contributed by atoms with van der Waals surface area (Å²) in [7, 11) is 0. The van der Waals surface area contributed by atoms with Gasteiger partial charge in [-0.2, -0.15) is 0 Å². The predicted molar refractivity (Wildman–Crippen MR) is 62.8 cm³/mol. The molecule has 1 atom stereocenters. The summed E-state index contributed by atoms with van der Waals surface area (Å²) in [5, 5.41) is 0. The molecule has 0 fully saturated rings. The lowest BCUT2D eigenvalue weighted by atomic mass is 9.76. The third-order valence-corrected chi connectivity index (χ3v) is 2.66. The van der Waals surface area contributed by atoms with Crippen LogP contribution in [0.2, 0.25) is 0 Å². The highest BCUT2D eigenvalue weighted by Gasteiger charge is 2.30. The monoisotopic (exact) mass is 205 g/mol. The van der Waals surface area contributed by atoms with Crippen LogP contribution < -0.4 is 5.73 Å². The fraction of sp³-hybridized carbons (Fsp3) is 0.462. The van der Waals surface area contributed by atoms with E-state index in [9.17, 15) is 4.79 Å². The summed E-state index contributed by atoms with van der Waals surface area (Å²) < 4.78 is 0. The number of hydrogen-bond acceptors (Lipinski definition) is 2. The minimum atomic E-state index is -0.111. The second kappa shape index (κ2) is 4.58. The van der Waals surface area contributed by atoms with E-state index >= 15 is 0 Å². The lowest BCUT2D eigenvalue weighted by molar-refractivity contribution is 0.0827. The molecule has 0 aliphatic heterocycles. The van der Waals surface area contributed by atoms with Crippen LogP contribution in [0.1, 0.15) is 31.1 Å². The van der Waals surface area contributed by atoms with Crippen LogP contribution in [-0.4, -0.2) is 12.3 Å². The Kier molecular flexibility index (Phi) is 3.64. The highest BCUT2D eigenvalue weighted by Crippen LogP contribution is 2.28. The van der Waals surface area contributed by atoms with Gasteiger partial charge in [-0.3, -0.25) is 4.79 Å². The third-order valence-electron chi connectivity index (χ3n) is 2.66. The Morgan fingerprint density at radius 2 is 1.80 bits per heavy atom. The summed E-state index contributed by atoms with van der Waals surface area (Å²) in [4.78, 5) is 12.1. The van der Waals surface area contributed by atoms with Crippen molar-refractivity contribution in [3.63, 3.8) is 0 Å². The number of carbonyl (C=O) groups excluding carboxylic acids is 1. The van der Waals surface area contributed by atoms with Crippen LogP contribution in [-0.2, 0) is 0 Å². The Morgan fingerprint density at radius 3 is 2.20 bits per heavy atom. The van der Waals surface area contributed by atoms with Crippen molar-refractivity contribution >= 4 is 5.78 Å². The molecule has 0 aromatic heterocycles. The van der Waals surface area contributed by atoms with Crippen LogP contribution >= 0.6 is 0 Å². The van der Waals surface area contributed by atoms with Gasteiger partial charge >= 0.3 is 0 Å². The Morgan fingerprint density at radius 1 is 1.27 bits per heavy atom. The van der Waals surface area contributed by atoms with E-state index in [0.29, 0.717) is 6.54 Å². The summed E-state index contributed by atoms with van der Waals surface area (Å²) in [5.41, 5.74) is 6.35. The Labute approximate surface area is 91.5 Å². The first kappa shape index (κ1) is 11.9. The average Bonchev–Trinajstić information content (AvgIpc) is 2.18. The molecule has 0 radical (unpaired) electrons. The molecule has 0 aliphatic carbocycles. The lowest BCUT2D eigenvalue weighted by Gasteiger charge is -2.28. The molecular formula is C13H19NO. The number of nitrogens with two attached hydrogens (primary N) is 1. The first-order chi connectivity index (χ1) is 6.96. The second-order valence-electron chi connectivity index (χ2n) is 4.88. The Bertz CT molecular complexity index is 324. The molecule has 0 saturated heterocycles. The van der Waals surface area contributed by atoms with Crippen molar-refractivity contribution < 1.29 is 4.79 Å². The zero-order valence-electron chi connectivity index (χ0n) is 9.66. The molecule has 2 N–H and O–H groups in total. The van der Waals surface area contributed by atoms with Crippen molar-refractivity contribution in [2.24, 2.45) is 17.1 Å². The van der Waals surface area contributed by atoms with Crippen molar-refractivity contribution in [3.05, 3.63) is 35.9 Å². The zero-order valence-corrected chi connectivity index (χ0v) is 9.66. The number of ketones is 1. The first-order valence-corrected chi connectivity index (χ1v) is 5.26. The summed E-state index contributed by atoms with van der Waals surface area (Å²) in [6, 6.07) is 9.35. The fourth-order valence-corrected chi connectivity index (χ4v) is 1.66. The van der Waals surface area contributed by atoms with Crippen LogP contribution in [0.5, 0.6) is 0 Å². The minimum absolute atomic E-state index is 0.0817. The summed E-state index contributed by atoms with van der Waals surface area (Å²) in [6.45, 7) is 6.54. The van der Waals surface area contributed by atoms with E-state index < -0.39 is 0 Å². The van der Waals surface area contributed by atoms with Gasteiger partial charge in [0, 0.05) is 18.0 Å². The van der Waals surface area contributed by atoms with E-state index in [2.05, 4.69) is 0 Å². The second-order valence-corrected chi connectivity index (χ2v) is 4.88. The van der Waals surface area contributed by atoms with Crippen molar-refractivity contribution in [1.29, 1.82) is 0 Å². The van der Waals surface area contributed by atoms with Crippen LogP contribution in [0.15, 0.2) is 30.3 Å². The largest absolute Gasteiger partial charge is 0.330 e. The molecule has 0 heterocycles. The zero-order chi connectivity index (χ0) is 11.5. The highest BCUT2D eigenvalue weighted by atomic mass is 16.1. The molecule has 82 valence electrons. The number of carbonyl (C=O) groups is 1. The SMILES string of the molecule is CC(C)(C)C(CN)C(=O)c1ccccc1. The first-order valence-electron chi connectivity index (χ1n) is 5.26. The molecule has 0 saturated carbocycles. The van der Waals surface area contributed by atoms with Crippen molar-refractivity contribution in [2.75, 3.05) is 6.54 Å².